The summed E-state index contributed by atoms with van der Waals surface area (Å²) >= 11 is 0. The van der Waals surface area contributed by atoms with Crippen molar-refractivity contribution in [1.29, 1.82) is 0 Å². The summed E-state index contributed by atoms with van der Waals surface area (Å²) in [7, 11) is 0. The molecule has 2 bridgehead atoms. The molecule has 2 saturated heterocycles. The number of hydrogen-bond acceptors (Lipinski definition) is 7. The van der Waals surface area contributed by atoms with E-state index in [-0.39, 0.29) is 35.9 Å². The highest BCUT2D eigenvalue weighted by molar-refractivity contribution is 5.82. The normalized spacial score (nSPS) is 39.6. The van der Waals surface area contributed by atoms with E-state index in [0.717, 1.165) is 37.7 Å². The number of ether oxygens (including phenoxy) is 4. The molecule has 4 aliphatic rings. The summed E-state index contributed by atoms with van der Waals surface area (Å²) in [4.78, 5) is 12.7. The number of cyclic esters (lactones) is 1. The van der Waals surface area contributed by atoms with Crippen LogP contribution in [-0.4, -0.2) is 71.6 Å². The molecular weight excluding hydrogens is 484 g/mol. The number of fused-ring (bicyclic) bond motifs is 3. The summed E-state index contributed by atoms with van der Waals surface area (Å²) in [5.74, 6) is -0.132. The van der Waals surface area contributed by atoms with Gasteiger partial charge in [0.2, 0.25) is 0 Å². The van der Waals surface area contributed by atoms with E-state index in [0.29, 0.717) is 31.8 Å². The lowest BCUT2D eigenvalue weighted by molar-refractivity contribution is -0.148. The quantitative estimate of drug-likeness (QED) is 0.313. The van der Waals surface area contributed by atoms with Crippen LogP contribution in [-0.2, 0) is 23.7 Å². The molecule has 4 rings (SSSR count). The Morgan fingerprint density at radius 1 is 1.16 bits per heavy atom. The van der Waals surface area contributed by atoms with Crippen LogP contribution in [0.15, 0.2) is 48.6 Å². The van der Waals surface area contributed by atoms with Crippen molar-refractivity contribution in [2.75, 3.05) is 6.61 Å². The van der Waals surface area contributed by atoms with Gasteiger partial charge in [-0.1, -0.05) is 63.3 Å². The third-order valence-electron chi connectivity index (χ3n) is 8.04. The van der Waals surface area contributed by atoms with Gasteiger partial charge >= 0.3 is 5.97 Å². The Kier molecular flexibility index (Phi) is 10.0. The number of esters is 1. The Balaban J connectivity index is 1.44. The molecule has 4 heterocycles. The largest absolute Gasteiger partial charge is 0.456 e. The fraction of sp³-hybridized carbons (Fsp3) is 0.710. The predicted octanol–water partition coefficient (Wildman–Crippen LogP) is 4.58. The molecule has 0 aromatic heterocycles. The summed E-state index contributed by atoms with van der Waals surface area (Å²) in [6.07, 6.45) is 13.5. The summed E-state index contributed by atoms with van der Waals surface area (Å²) in [5, 5.41) is 21.8. The van der Waals surface area contributed by atoms with Crippen molar-refractivity contribution in [3.8, 4) is 0 Å². The van der Waals surface area contributed by atoms with E-state index in [1.54, 1.807) is 12.2 Å². The molecule has 38 heavy (non-hydrogen) atoms. The number of carbonyl (C=O) groups is 1. The first kappa shape index (κ1) is 29.2. The predicted molar refractivity (Wildman–Crippen MR) is 145 cm³/mol. The van der Waals surface area contributed by atoms with Crippen LogP contribution in [0, 0.1) is 11.3 Å². The van der Waals surface area contributed by atoms with Gasteiger partial charge in [-0.25, -0.2) is 4.79 Å². The molecule has 7 nitrogen and oxygen atoms in total. The summed E-state index contributed by atoms with van der Waals surface area (Å²) in [6.45, 7) is 11.5. The lowest BCUT2D eigenvalue weighted by atomic mass is 9.82. The smallest absolute Gasteiger partial charge is 0.330 e. The second kappa shape index (κ2) is 13.1. The van der Waals surface area contributed by atoms with Gasteiger partial charge < -0.3 is 29.2 Å². The first-order chi connectivity index (χ1) is 18.1. The zero-order chi connectivity index (χ0) is 27.3. The molecule has 0 aliphatic carbocycles. The van der Waals surface area contributed by atoms with Crippen LogP contribution in [0.1, 0.15) is 72.1 Å². The van der Waals surface area contributed by atoms with Crippen molar-refractivity contribution in [3.63, 3.8) is 0 Å². The third-order valence-corrected chi connectivity index (χ3v) is 8.04. The monoisotopic (exact) mass is 530 g/mol. The van der Waals surface area contributed by atoms with Crippen LogP contribution < -0.4 is 0 Å². The van der Waals surface area contributed by atoms with Crippen molar-refractivity contribution in [2.45, 2.75) is 121 Å². The van der Waals surface area contributed by atoms with Gasteiger partial charge in [0.1, 0.15) is 18.3 Å². The molecule has 0 aromatic carbocycles. The van der Waals surface area contributed by atoms with E-state index < -0.39 is 24.3 Å². The molecule has 4 aliphatic heterocycles. The van der Waals surface area contributed by atoms with Gasteiger partial charge in [0.15, 0.2) is 0 Å². The molecule has 0 spiro atoms. The summed E-state index contributed by atoms with van der Waals surface area (Å²) in [5.41, 5.74) is 1.17. The minimum atomic E-state index is -1.02. The van der Waals surface area contributed by atoms with E-state index in [9.17, 15) is 15.0 Å². The first-order valence-electron chi connectivity index (χ1n) is 14.3. The van der Waals surface area contributed by atoms with Crippen LogP contribution in [0.3, 0.4) is 0 Å². The lowest BCUT2D eigenvalue weighted by Crippen LogP contribution is -2.33. The zero-order valence-corrected chi connectivity index (χ0v) is 23.2. The average molecular weight is 531 g/mol. The molecule has 0 radical (unpaired) electrons. The van der Waals surface area contributed by atoms with E-state index in [2.05, 4.69) is 33.4 Å². The number of carbonyl (C=O) groups excluding carboxylic acids is 1. The SMILES string of the molecule is C=C1C[C@H](C)C[C@@H]2CC=C[C@@H](CC=CC(=O)OC([C@@H](O)C=CC3CC(C)(C)CCO3)C[C@@H]3O[C@H]3[C@@H](O)C1)O2. The second-order valence-electron chi connectivity index (χ2n) is 12.4. The molecule has 0 amide bonds. The van der Waals surface area contributed by atoms with Crippen molar-refractivity contribution >= 4 is 5.97 Å². The highest BCUT2D eigenvalue weighted by atomic mass is 16.6. The van der Waals surface area contributed by atoms with Crippen molar-refractivity contribution in [1.82, 2.24) is 0 Å². The van der Waals surface area contributed by atoms with Crippen molar-refractivity contribution < 1.29 is 34.0 Å². The molecule has 0 aromatic rings. The highest BCUT2D eigenvalue weighted by Crippen LogP contribution is 2.35. The van der Waals surface area contributed by atoms with E-state index >= 15 is 0 Å². The minimum absolute atomic E-state index is 0.0846. The van der Waals surface area contributed by atoms with Crippen LogP contribution in [0.4, 0.5) is 0 Å². The number of aliphatic hydroxyl groups excluding tert-OH is 2. The standard InChI is InChI=1S/C31H46O7/c1-20-15-21(2)17-26(33)30-28(38-30)18-27(25(32)12-11-24-19-31(3,4)13-14-35-24)37-29(34)10-6-8-22-7-5-9-23(16-20)36-22/h5-7,10-12,20,22-28,30,32-33H,2,8-9,13-19H2,1,3-4H3/t20-,22-,23-,24?,25-,26-,27?,28-,30-/m0/s1. The van der Waals surface area contributed by atoms with E-state index in [1.165, 1.54) is 6.08 Å². The molecule has 212 valence electrons. The number of epoxide rings is 1. The lowest BCUT2D eigenvalue weighted by Gasteiger charge is -2.34. The minimum Gasteiger partial charge on any atom is -0.456 e. The van der Waals surface area contributed by atoms with Crippen LogP contribution in [0.2, 0.25) is 0 Å². The van der Waals surface area contributed by atoms with Gasteiger partial charge in [-0.2, -0.15) is 0 Å². The fourth-order valence-corrected chi connectivity index (χ4v) is 5.87. The van der Waals surface area contributed by atoms with Crippen LogP contribution >= 0.6 is 0 Å². The van der Waals surface area contributed by atoms with Crippen molar-refractivity contribution in [3.05, 3.63) is 48.6 Å². The van der Waals surface area contributed by atoms with E-state index in [1.807, 2.05) is 12.2 Å². The molecular formula is C31H46O7. The van der Waals surface area contributed by atoms with Crippen molar-refractivity contribution in [2.24, 2.45) is 11.3 Å². The number of hydrogen-bond donors (Lipinski definition) is 2. The molecule has 9 atom stereocenters. The second-order valence-corrected chi connectivity index (χ2v) is 12.4. The molecule has 2 N–H and O–H groups in total. The zero-order valence-electron chi connectivity index (χ0n) is 23.2. The average Bonchev–Trinajstić information content (AvgIpc) is 3.60. The van der Waals surface area contributed by atoms with E-state index in [4.69, 9.17) is 18.9 Å². The molecule has 7 heteroatoms. The number of aliphatic hydroxyl groups is 2. The van der Waals surface area contributed by atoms with Gasteiger partial charge in [0.25, 0.3) is 0 Å². The topological polar surface area (TPSA) is 97.8 Å². The van der Waals surface area contributed by atoms with Crippen LogP contribution in [0.25, 0.3) is 0 Å². The van der Waals surface area contributed by atoms with Crippen LogP contribution in [0.5, 0.6) is 0 Å². The summed E-state index contributed by atoms with van der Waals surface area (Å²) in [6, 6.07) is 0. The Bertz CT molecular complexity index is 906. The van der Waals surface area contributed by atoms with Gasteiger partial charge in [-0.15, -0.1) is 0 Å². The Morgan fingerprint density at radius 2 is 1.97 bits per heavy atom. The summed E-state index contributed by atoms with van der Waals surface area (Å²) < 4.78 is 23.6. The molecule has 0 saturated carbocycles. The van der Waals surface area contributed by atoms with Gasteiger partial charge in [-0.3, -0.25) is 0 Å². The molecule has 2 fully saturated rings. The maximum atomic E-state index is 12.7. The van der Waals surface area contributed by atoms with Gasteiger partial charge in [0.05, 0.1) is 30.5 Å². The Morgan fingerprint density at radius 3 is 2.76 bits per heavy atom. The molecule has 2 unspecified atom stereocenters. The Labute approximate surface area is 227 Å². The Hall–Kier alpha value is -1.77. The number of rotatable bonds is 3. The first-order valence-corrected chi connectivity index (χ1v) is 14.3. The maximum Gasteiger partial charge on any atom is 0.330 e. The highest BCUT2D eigenvalue weighted by Gasteiger charge is 2.46. The maximum absolute atomic E-state index is 12.7. The van der Waals surface area contributed by atoms with Gasteiger partial charge in [-0.05, 0) is 56.3 Å². The third kappa shape index (κ3) is 8.88. The fourth-order valence-electron chi connectivity index (χ4n) is 5.87. The van der Waals surface area contributed by atoms with Gasteiger partial charge in [0, 0.05) is 19.1 Å².